The lowest BCUT2D eigenvalue weighted by Gasteiger charge is -2.12. The minimum absolute atomic E-state index is 0.217. The Bertz CT molecular complexity index is 679. The zero-order valence-corrected chi connectivity index (χ0v) is 14.0. The van der Waals surface area contributed by atoms with Crippen molar-refractivity contribution < 1.29 is 14.3 Å². The van der Waals surface area contributed by atoms with E-state index in [1.807, 2.05) is 0 Å². The van der Waals surface area contributed by atoms with Crippen molar-refractivity contribution in [2.24, 2.45) is 0 Å². The topological polar surface area (TPSA) is 48.4 Å². The fraction of sp³-hybridized carbons (Fsp3) is 0.143. The molecule has 1 aromatic carbocycles. The molecule has 110 valence electrons. The molecule has 0 fully saturated rings. The van der Waals surface area contributed by atoms with Crippen LogP contribution in [0.1, 0.15) is 17.3 Å². The van der Waals surface area contributed by atoms with Gasteiger partial charge in [0, 0.05) is 29.0 Å². The lowest BCUT2D eigenvalue weighted by atomic mass is 10.2. The summed E-state index contributed by atoms with van der Waals surface area (Å²) in [5.41, 5.74) is 0.217. The molecule has 2 aromatic rings. The maximum Gasteiger partial charge on any atom is 0.343 e. The van der Waals surface area contributed by atoms with E-state index in [2.05, 4.69) is 20.9 Å². The number of benzene rings is 1. The average Bonchev–Trinajstić information content (AvgIpc) is 2.45. The third-order valence-electron chi connectivity index (χ3n) is 2.47. The van der Waals surface area contributed by atoms with Gasteiger partial charge in [0.25, 0.3) is 0 Å². The number of aromatic nitrogens is 1. The van der Waals surface area contributed by atoms with Gasteiger partial charge < -0.3 is 9.47 Å². The van der Waals surface area contributed by atoms with Gasteiger partial charge in [-0.1, -0.05) is 23.2 Å². The molecule has 0 N–H and O–H groups in total. The SMILES string of the molecule is CCOC(=O)c1cnccc1Oc1cc(Cl)c(Br)cc1Cl. The van der Waals surface area contributed by atoms with Crippen molar-refractivity contribution in [3.8, 4) is 11.5 Å². The number of ether oxygens (including phenoxy) is 2. The van der Waals surface area contributed by atoms with Gasteiger partial charge in [-0.15, -0.1) is 0 Å². The van der Waals surface area contributed by atoms with Gasteiger partial charge in [0.2, 0.25) is 0 Å². The Labute approximate surface area is 140 Å². The van der Waals surface area contributed by atoms with E-state index in [0.29, 0.717) is 26.0 Å². The smallest absolute Gasteiger partial charge is 0.343 e. The van der Waals surface area contributed by atoms with Gasteiger partial charge in [0.05, 0.1) is 16.7 Å². The van der Waals surface area contributed by atoms with E-state index in [9.17, 15) is 4.79 Å². The van der Waals surface area contributed by atoms with Gasteiger partial charge in [-0.3, -0.25) is 4.98 Å². The Hall–Kier alpha value is -1.30. The van der Waals surface area contributed by atoms with Crippen LogP contribution in [0.15, 0.2) is 35.1 Å². The third kappa shape index (κ3) is 3.87. The van der Waals surface area contributed by atoms with Crippen molar-refractivity contribution in [2.75, 3.05) is 6.61 Å². The molecule has 0 unspecified atom stereocenters. The summed E-state index contributed by atoms with van der Waals surface area (Å²) in [6, 6.07) is 4.73. The number of carbonyl (C=O) groups excluding carboxylic acids is 1. The Morgan fingerprint density at radius 2 is 2.05 bits per heavy atom. The van der Waals surface area contributed by atoms with Crippen molar-refractivity contribution in [3.63, 3.8) is 0 Å². The van der Waals surface area contributed by atoms with Gasteiger partial charge in [-0.2, -0.15) is 0 Å². The van der Waals surface area contributed by atoms with E-state index in [0.717, 1.165) is 0 Å². The molecule has 0 bridgehead atoms. The summed E-state index contributed by atoms with van der Waals surface area (Å²) in [4.78, 5) is 15.7. The van der Waals surface area contributed by atoms with Gasteiger partial charge in [0.1, 0.15) is 17.1 Å². The van der Waals surface area contributed by atoms with E-state index < -0.39 is 5.97 Å². The van der Waals surface area contributed by atoms with Gasteiger partial charge in [0.15, 0.2) is 0 Å². The minimum Gasteiger partial charge on any atom is -0.462 e. The molecule has 0 atom stereocenters. The van der Waals surface area contributed by atoms with Crippen molar-refractivity contribution in [1.29, 1.82) is 0 Å². The number of hydrogen-bond acceptors (Lipinski definition) is 4. The fourth-order valence-electron chi connectivity index (χ4n) is 1.53. The number of pyridine rings is 1. The number of carbonyl (C=O) groups is 1. The highest BCUT2D eigenvalue weighted by atomic mass is 79.9. The number of rotatable bonds is 4. The second kappa shape index (κ2) is 7.11. The molecule has 0 amide bonds. The highest BCUT2D eigenvalue weighted by molar-refractivity contribution is 9.10. The number of halogens is 3. The summed E-state index contributed by atoms with van der Waals surface area (Å²) in [6.45, 7) is 1.98. The zero-order chi connectivity index (χ0) is 15.4. The van der Waals surface area contributed by atoms with E-state index in [1.54, 1.807) is 25.1 Å². The van der Waals surface area contributed by atoms with E-state index in [1.165, 1.54) is 12.4 Å². The first-order valence-electron chi connectivity index (χ1n) is 5.96. The average molecular weight is 391 g/mol. The molecule has 7 heteroatoms. The molecule has 1 aromatic heterocycles. The molecule has 0 spiro atoms. The van der Waals surface area contributed by atoms with Crippen LogP contribution >= 0.6 is 39.1 Å². The maximum absolute atomic E-state index is 11.9. The summed E-state index contributed by atoms with van der Waals surface area (Å²) >= 11 is 15.4. The highest BCUT2D eigenvalue weighted by Gasteiger charge is 2.16. The lowest BCUT2D eigenvalue weighted by Crippen LogP contribution is -2.07. The molecular weight excluding hydrogens is 381 g/mol. The van der Waals surface area contributed by atoms with Crippen LogP contribution in [-0.2, 0) is 4.74 Å². The molecule has 0 saturated carbocycles. The van der Waals surface area contributed by atoms with Crippen LogP contribution in [0.5, 0.6) is 11.5 Å². The summed E-state index contributed by atoms with van der Waals surface area (Å²) < 4.78 is 11.3. The molecular formula is C14H10BrCl2NO3. The molecule has 0 aliphatic carbocycles. The summed E-state index contributed by atoms with van der Waals surface area (Å²) in [5, 5.41) is 0.805. The van der Waals surface area contributed by atoms with Gasteiger partial charge in [-0.25, -0.2) is 4.79 Å². The van der Waals surface area contributed by atoms with Crippen molar-refractivity contribution in [2.45, 2.75) is 6.92 Å². The molecule has 4 nitrogen and oxygen atoms in total. The van der Waals surface area contributed by atoms with Crippen LogP contribution < -0.4 is 4.74 Å². The van der Waals surface area contributed by atoms with Gasteiger partial charge in [-0.05, 0) is 28.9 Å². The van der Waals surface area contributed by atoms with Crippen molar-refractivity contribution in [3.05, 3.63) is 50.7 Å². The van der Waals surface area contributed by atoms with Crippen LogP contribution in [0.25, 0.3) is 0 Å². The second-order valence-corrected chi connectivity index (χ2v) is 5.56. The minimum atomic E-state index is -0.514. The predicted octanol–water partition coefficient (Wildman–Crippen LogP) is 5.12. The van der Waals surface area contributed by atoms with Gasteiger partial charge >= 0.3 is 5.97 Å². The summed E-state index contributed by atoms with van der Waals surface area (Å²) in [7, 11) is 0. The first kappa shape index (κ1) is 16.1. The second-order valence-electron chi connectivity index (χ2n) is 3.89. The van der Waals surface area contributed by atoms with Crippen LogP contribution in [0, 0.1) is 0 Å². The normalized spacial score (nSPS) is 10.3. The monoisotopic (exact) mass is 389 g/mol. The first-order valence-corrected chi connectivity index (χ1v) is 7.51. The van der Waals surface area contributed by atoms with Crippen LogP contribution in [-0.4, -0.2) is 17.6 Å². The maximum atomic E-state index is 11.9. The standard InChI is InChI=1S/C14H10BrCl2NO3/c1-2-20-14(19)8-7-18-4-3-12(8)21-13-6-10(16)9(15)5-11(13)17/h3-7H,2H2,1H3. The van der Waals surface area contributed by atoms with Crippen molar-refractivity contribution >= 4 is 45.1 Å². The Morgan fingerprint density at radius 3 is 2.76 bits per heavy atom. The number of esters is 1. The molecule has 21 heavy (non-hydrogen) atoms. The number of nitrogens with zero attached hydrogens (tertiary/aromatic N) is 1. The summed E-state index contributed by atoms with van der Waals surface area (Å²) in [5.74, 6) is 0.116. The van der Waals surface area contributed by atoms with Crippen LogP contribution in [0.2, 0.25) is 10.0 Å². The summed E-state index contributed by atoms with van der Waals surface area (Å²) in [6.07, 6.45) is 2.88. The Morgan fingerprint density at radius 1 is 1.29 bits per heavy atom. The molecule has 2 rings (SSSR count). The van der Waals surface area contributed by atoms with E-state index >= 15 is 0 Å². The molecule has 0 radical (unpaired) electrons. The zero-order valence-electron chi connectivity index (χ0n) is 10.9. The Balaban J connectivity index is 2.36. The molecule has 0 saturated heterocycles. The molecule has 0 aliphatic rings. The predicted molar refractivity (Wildman–Crippen MR) is 84.4 cm³/mol. The Kier molecular flexibility index (Phi) is 5.45. The van der Waals surface area contributed by atoms with E-state index in [4.69, 9.17) is 32.7 Å². The largest absolute Gasteiger partial charge is 0.462 e. The lowest BCUT2D eigenvalue weighted by molar-refractivity contribution is 0.0523. The first-order chi connectivity index (χ1) is 10.0. The van der Waals surface area contributed by atoms with Crippen molar-refractivity contribution in [1.82, 2.24) is 4.98 Å². The molecule has 0 aliphatic heterocycles. The molecule has 1 heterocycles. The van der Waals surface area contributed by atoms with Crippen LogP contribution in [0.4, 0.5) is 0 Å². The highest BCUT2D eigenvalue weighted by Crippen LogP contribution is 2.37. The quantitative estimate of drug-likeness (QED) is 0.536. The van der Waals surface area contributed by atoms with Crippen LogP contribution in [0.3, 0.4) is 0 Å². The van der Waals surface area contributed by atoms with E-state index in [-0.39, 0.29) is 12.2 Å². The fourth-order valence-corrected chi connectivity index (χ4v) is 2.36. The number of hydrogen-bond donors (Lipinski definition) is 0. The third-order valence-corrected chi connectivity index (χ3v) is 3.96.